The molecule has 0 fully saturated rings. The number of hydrogen-bond donors (Lipinski definition) is 2. The molecule has 0 saturated carbocycles. The van der Waals surface area contributed by atoms with Crippen molar-refractivity contribution < 1.29 is 0 Å². The third-order valence-electron chi connectivity index (χ3n) is 3.58. The highest BCUT2D eigenvalue weighted by molar-refractivity contribution is 5.61. The Morgan fingerprint density at radius 3 is 2.67 bits per heavy atom. The van der Waals surface area contributed by atoms with E-state index >= 15 is 0 Å². The van der Waals surface area contributed by atoms with Gasteiger partial charge in [-0.1, -0.05) is 12.1 Å². The van der Waals surface area contributed by atoms with E-state index in [0.29, 0.717) is 11.8 Å². The maximum absolute atomic E-state index is 6.02. The molecule has 1 aromatic heterocycles. The molecule has 0 atom stereocenters. The van der Waals surface area contributed by atoms with E-state index in [1.54, 1.807) is 6.20 Å². The van der Waals surface area contributed by atoms with E-state index in [2.05, 4.69) is 40.1 Å². The Labute approximate surface area is 126 Å². The molecule has 0 amide bonds. The molecule has 0 unspecified atom stereocenters. The Hall–Kier alpha value is -2.14. The highest BCUT2D eigenvalue weighted by Crippen LogP contribution is 2.21. The maximum Gasteiger partial charge on any atom is 0.229 e. The molecule has 0 aliphatic rings. The number of likely N-dealkylation sites (N-methyl/N-ethyl adjacent to an activating group) is 1. The van der Waals surface area contributed by atoms with Crippen LogP contribution in [0.5, 0.6) is 0 Å². The molecule has 3 N–H and O–H groups in total. The van der Waals surface area contributed by atoms with Gasteiger partial charge in [-0.3, -0.25) is 0 Å². The molecule has 0 spiro atoms. The van der Waals surface area contributed by atoms with Crippen LogP contribution in [0.25, 0.3) is 0 Å². The third-order valence-corrected chi connectivity index (χ3v) is 3.58. The fourth-order valence-electron chi connectivity index (χ4n) is 2.02. The number of nitrogens with one attached hydrogen (secondary N) is 1. The van der Waals surface area contributed by atoms with Crippen molar-refractivity contribution in [3.63, 3.8) is 0 Å². The van der Waals surface area contributed by atoms with Crippen molar-refractivity contribution >= 4 is 17.5 Å². The second-order valence-corrected chi connectivity index (χ2v) is 5.53. The normalized spacial score (nSPS) is 10.9. The van der Waals surface area contributed by atoms with Crippen molar-refractivity contribution in [2.24, 2.45) is 0 Å². The number of nitrogens with two attached hydrogens (primary N) is 1. The lowest BCUT2D eigenvalue weighted by Crippen LogP contribution is -2.16. The third kappa shape index (κ3) is 3.92. The Morgan fingerprint density at radius 1 is 1.24 bits per heavy atom. The van der Waals surface area contributed by atoms with Crippen LogP contribution in [0.3, 0.4) is 0 Å². The van der Waals surface area contributed by atoms with Crippen LogP contribution in [-0.4, -0.2) is 35.5 Å². The number of rotatable bonds is 5. The van der Waals surface area contributed by atoms with Gasteiger partial charge in [0.1, 0.15) is 5.82 Å². The summed E-state index contributed by atoms with van der Waals surface area (Å²) in [4.78, 5) is 10.8. The van der Waals surface area contributed by atoms with E-state index in [-0.39, 0.29) is 0 Å². The van der Waals surface area contributed by atoms with Crippen molar-refractivity contribution in [3.8, 4) is 0 Å². The minimum Gasteiger partial charge on any atom is -0.383 e. The molecule has 2 aromatic rings. The number of benzene rings is 1. The molecule has 0 aliphatic carbocycles. The van der Waals surface area contributed by atoms with Crippen LogP contribution in [0.4, 0.5) is 17.5 Å². The first-order valence-corrected chi connectivity index (χ1v) is 7.06. The lowest BCUT2D eigenvalue weighted by atomic mass is 10.1. The molecular formula is C16H23N5. The highest BCUT2D eigenvalue weighted by atomic mass is 15.1. The maximum atomic E-state index is 6.02. The van der Waals surface area contributed by atoms with E-state index in [1.165, 1.54) is 11.1 Å². The molecule has 5 heteroatoms. The van der Waals surface area contributed by atoms with Crippen LogP contribution in [0.1, 0.15) is 16.7 Å². The van der Waals surface area contributed by atoms with Crippen LogP contribution in [0.15, 0.2) is 24.4 Å². The van der Waals surface area contributed by atoms with E-state index in [1.807, 2.05) is 26.2 Å². The second kappa shape index (κ2) is 6.54. The van der Waals surface area contributed by atoms with Gasteiger partial charge in [-0.2, -0.15) is 4.98 Å². The summed E-state index contributed by atoms with van der Waals surface area (Å²) >= 11 is 0. The molecule has 1 aromatic carbocycles. The summed E-state index contributed by atoms with van der Waals surface area (Å²) < 4.78 is 0. The summed E-state index contributed by atoms with van der Waals surface area (Å²) in [6.07, 6.45) is 2.65. The summed E-state index contributed by atoms with van der Waals surface area (Å²) in [5.41, 5.74) is 10.4. The van der Waals surface area contributed by atoms with E-state index in [0.717, 1.165) is 24.2 Å². The van der Waals surface area contributed by atoms with Crippen LogP contribution >= 0.6 is 0 Å². The van der Waals surface area contributed by atoms with Gasteiger partial charge in [0.25, 0.3) is 0 Å². The van der Waals surface area contributed by atoms with Crippen LogP contribution in [-0.2, 0) is 6.42 Å². The molecule has 5 nitrogen and oxygen atoms in total. The van der Waals surface area contributed by atoms with Gasteiger partial charge >= 0.3 is 0 Å². The first-order valence-electron chi connectivity index (χ1n) is 7.06. The molecule has 112 valence electrons. The SMILES string of the molecule is Cc1cccc(Nc2ncc(CCN(C)C)c(N)n2)c1C. The lowest BCUT2D eigenvalue weighted by Gasteiger charge is -2.13. The zero-order chi connectivity index (χ0) is 15.4. The molecule has 0 aliphatic heterocycles. The monoisotopic (exact) mass is 285 g/mol. The van der Waals surface area contributed by atoms with Gasteiger partial charge < -0.3 is 16.0 Å². The number of nitrogens with zero attached hydrogens (tertiary/aromatic N) is 3. The van der Waals surface area contributed by atoms with Crippen molar-refractivity contribution in [1.82, 2.24) is 14.9 Å². The van der Waals surface area contributed by atoms with Crippen molar-refractivity contribution in [1.29, 1.82) is 0 Å². The van der Waals surface area contributed by atoms with Gasteiger partial charge in [-0.25, -0.2) is 4.98 Å². The van der Waals surface area contributed by atoms with E-state index in [4.69, 9.17) is 5.73 Å². The molecular weight excluding hydrogens is 262 g/mol. The van der Waals surface area contributed by atoms with Crippen LogP contribution < -0.4 is 11.1 Å². The summed E-state index contributed by atoms with van der Waals surface area (Å²) in [5.74, 6) is 1.08. The van der Waals surface area contributed by atoms with E-state index < -0.39 is 0 Å². The topological polar surface area (TPSA) is 67.1 Å². The standard InChI is InChI=1S/C16H23N5/c1-11-6-5-7-14(12(11)2)19-16-18-10-13(15(17)20-16)8-9-21(3)4/h5-7,10H,8-9H2,1-4H3,(H3,17,18,19,20). The van der Waals surface area contributed by atoms with Gasteiger partial charge in [0, 0.05) is 24.0 Å². The number of hydrogen-bond acceptors (Lipinski definition) is 5. The molecule has 21 heavy (non-hydrogen) atoms. The molecule has 1 heterocycles. The Bertz CT molecular complexity index is 622. The predicted molar refractivity (Wildman–Crippen MR) is 87.9 cm³/mol. The average molecular weight is 285 g/mol. The number of aromatic nitrogens is 2. The van der Waals surface area contributed by atoms with Crippen LogP contribution in [0, 0.1) is 13.8 Å². The highest BCUT2D eigenvalue weighted by Gasteiger charge is 2.07. The zero-order valence-electron chi connectivity index (χ0n) is 13.1. The first kappa shape index (κ1) is 15.3. The number of nitrogen functional groups attached to an aromatic ring is 1. The molecule has 0 radical (unpaired) electrons. The fourth-order valence-corrected chi connectivity index (χ4v) is 2.02. The van der Waals surface area contributed by atoms with Gasteiger partial charge in [0.2, 0.25) is 5.95 Å². The summed E-state index contributed by atoms with van der Waals surface area (Å²) in [7, 11) is 4.07. The van der Waals surface area contributed by atoms with Gasteiger partial charge in [-0.15, -0.1) is 0 Å². The zero-order valence-corrected chi connectivity index (χ0v) is 13.1. The van der Waals surface area contributed by atoms with Crippen molar-refractivity contribution in [2.45, 2.75) is 20.3 Å². The quantitative estimate of drug-likeness (QED) is 0.883. The largest absolute Gasteiger partial charge is 0.383 e. The van der Waals surface area contributed by atoms with E-state index in [9.17, 15) is 0 Å². The molecule has 0 bridgehead atoms. The van der Waals surface area contributed by atoms with Gasteiger partial charge in [0.05, 0.1) is 0 Å². The number of anilines is 3. The Morgan fingerprint density at radius 2 is 2.00 bits per heavy atom. The molecule has 0 saturated heterocycles. The van der Waals surface area contributed by atoms with Crippen molar-refractivity contribution in [2.75, 3.05) is 31.7 Å². The van der Waals surface area contributed by atoms with Crippen molar-refractivity contribution in [3.05, 3.63) is 41.1 Å². The smallest absolute Gasteiger partial charge is 0.229 e. The number of aryl methyl sites for hydroxylation is 1. The molecule has 2 rings (SSSR count). The Kier molecular flexibility index (Phi) is 4.75. The minimum atomic E-state index is 0.537. The average Bonchev–Trinajstić information content (AvgIpc) is 2.43. The van der Waals surface area contributed by atoms with Gasteiger partial charge in [-0.05, 0) is 51.6 Å². The predicted octanol–water partition coefficient (Wildman–Crippen LogP) is 2.52. The fraction of sp³-hybridized carbons (Fsp3) is 0.375. The Balaban J connectivity index is 2.15. The first-order chi connectivity index (χ1) is 9.97. The second-order valence-electron chi connectivity index (χ2n) is 5.53. The summed E-state index contributed by atoms with van der Waals surface area (Å²) in [6.45, 7) is 5.09. The van der Waals surface area contributed by atoms with Crippen LogP contribution in [0.2, 0.25) is 0 Å². The summed E-state index contributed by atoms with van der Waals surface area (Å²) in [5, 5.41) is 3.23. The summed E-state index contributed by atoms with van der Waals surface area (Å²) in [6, 6.07) is 6.11. The van der Waals surface area contributed by atoms with Gasteiger partial charge in [0.15, 0.2) is 0 Å². The minimum absolute atomic E-state index is 0.537. The lowest BCUT2D eigenvalue weighted by molar-refractivity contribution is 0.413.